The predicted molar refractivity (Wildman–Crippen MR) is 109 cm³/mol. The van der Waals surface area contributed by atoms with Crippen LogP contribution in [0.4, 0.5) is 11.5 Å². The van der Waals surface area contributed by atoms with E-state index in [0.29, 0.717) is 12.5 Å². The van der Waals surface area contributed by atoms with Crippen molar-refractivity contribution in [1.29, 1.82) is 0 Å². The van der Waals surface area contributed by atoms with Crippen LogP contribution in [0.1, 0.15) is 58.3 Å². The molecule has 1 saturated heterocycles. The molecule has 1 aromatic rings. The Hall–Kier alpha value is -2.18. The highest BCUT2D eigenvalue weighted by atomic mass is 16.6. The van der Waals surface area contributed by atoms with Crippen LogP contribution < -0.4 is 4.90 Å². The zero-order valence-electron chi connectivity index (χ0n) is 16.9. The van der Waals surface area contributed by atoms with E-state index >= 15 is 0 Å². The number of rotatable bonds is 6. The van der Waals surface area contributed by atoms with E-state index in [4.69, 9.17) is 0 Å². The van der Waals surface area contributed by atoms with Crippen LogP contribution in [0.15, 0.2) is 18.3 Å². The first-order valence-corrected chi connectivity index (χ1v) is 10.7. The second-order valence-electron chi connectivity index (χ2n) is 8.16. The zero-order valence-corrected chi connectivity index (χ0v) is 16.9. The van der Waals surface area contributed by atoms with Gasteiger partial charge < -0.3 is 9.80 Å². The van der Waals surface area contributed by atoms with Crippen molar-refractivity contribution < 1.29 is 9.72 Å². The molecule has 0 unspecified atom stereocenters. The van der Waals surface area contributed by atoms with Gasteiger partial charge in [-0.05, 0) is 44.1 Å². The number of unbranched alkanes of at least 4 members (excludes halogenated alkanes) is 1. The van der Waals surface area contributed by atoms with Gasteiger partial charge in [-0.15, -0.1) is 0 Å². The van der Waals surface area contributed by atoms with Crippen molar-refractivity contribution >= 4 is 17.4 Å². The summed E-state index contributed by atoms with van der Waals surface area (Å²) in [6.45, 7) is 5.27. The number of nitrogens with zero attached hydrogens (tertiary/aromatic N) is 4. The summed E-state index contributed by atoms with van der Waals surface area (Å²) in [5.74, 6) is 2.09. The Morgan fingerprint density at radius 3 is 2.61 bits per heavy atom. The minimum Gasteiger partial charge on any atom is -0.355 e. The average molecular weight is 389 g/mol. The van der Waals surface area contributed by atoms with Crippen LogP contribution in [-0.4, -0.2) is 46.9 Å². The Bertz CT molecular complexity index is 656. The van der Waals surface area contributed by atoms with Gasteiger partial charge in [-0.1, -0.05) is 26.2 Å². The third kappa shape index (κ3) is 5.20. The number of aromatic nitrogens is 1. The maximum atomic E-state index is 13.0. The molecule has 0 aromatic carbocycles. The molecule has 1 aliphatic heterocycles. The summed E-state index contributed by atoms with van der Waals surface area (Å²) in [6, 6.07) is 3.19. The first-order chi connectivity index (χ1) is 13.6. The van der Waals surface area contributed by atoms with Crippen molar-refractivity contribution in [2.45, 2.75) is 58.3 Å². The van der Waals surface area contributed by atoms with Gasteiger partial charge in [-0.25, -0.2) is 4.98 Å². The van der Waals surface area contributed by atoms with Crippen LogP contribution in [-0.2, 0) is 4.79 Å². The van der Waals surface area contributed by atoms with Crippen molar-refractivity contribution in [1.82, 2.24) is 9.88 Å². The van der Waals surface area contributed by atoms with Crippen molar-refractivity contribution in [3.63, 3.8) is 0 Å². The van der Waals surface area contributed by atoms with Gasteiger partial charge in [0.15, 0.2) is 0 Å². The highest BCUT2D eigenvalue weighted by molar-refractivity contribution is 5.79. The van der Waals surface area contributed by atoms with E-state index in [1.165, 1.54) is 44.4 Å². The molecule has 28 heavy (non-hydrogen) atoms. The first-order valence-electron chi connectivity index (χ1n) is 10.7. The molecule has 7 nitrogen and oxygen atoms in total. The Morgan fingerprint density at radius 2 is 1.96 bits per heavy atom. The quantitative estimate of drug-likeness (QED) is 0.543. The average Bonchev–Trinajstić information content (AvgIpc) is 2.98. The third-order valence-electron chi connectivity index (χ3n) is 6.24. The molecular formula is C21H32N4O3. The normalized spacial score (nSPS) is 23.3. The lowest BCUT2D eigenvalue weighted by Crippen LogP contribution is -2.40. The number of pyridine rings is 1. The fraction of sp³-hybridized carbons (Fsp3) is 0.714. The summed E-state index contributed by atoms with van der Waals surface area (Å²) in [6.07, 6.45) is 10.6. The van der Waals surface area contributed by atoms with Gasteiger partial charge in [-0.3, -0.25) is 14.9 Å². The summed E-state index contributed by atoms with van der Waals surface area (Å²) in [5, 5.41) is 10.8. The van der Waals surface area contributed by atoms with Gasteiger partial charge >= 0.3 is 0 Å². The van der Waals surface area contributed by atoms with E-state index in [2.05, 4.69) is 16.8 Å². The Kier molecular flexibility index (Phi) is 7.23. The van der Waals surface area contributed by atoms with Gasteiger partial charge in [0, 0.05) is 38.2 Å². The van der Waals surface area contributed by atoms with Gasteiger partial charge in [0.2, 0.25) is 5.91 Å². The standard InChI is InChI=1S/C21H32N4O3/c1-2-3-5-17-6-8-18(9-7-17)21(26)24-13-4-12-23(14-15-24)20-11-10-19(16-22-20)25(27)28/h10-11,16-18H,2-9,12-15H2,1H3. The summed E-state index contributed by atoms with van der Waals surface area (Å²) >= 11 is 0. The van der Waals surface area contributed by atoms with Crippen LogP contribution in [0, 0.1) is 22.0 Å². The summed E-state index contributed by atoms with van der Waals surface area (Å²) in [7, 11) is 0. The third-order valence-corrected chi connectivity index (χ3v) is 6.24. The number of hydrogen-bond donors (Lipinski definition) is 0. The van der Waals surface area contributed by atoms with E-state index in [9.17, 15) is 14.9 Å². The van der Waals surface area contributed by atoms with Gasteiger partial charge in [0.05, 0.1) is 4.92 Å². The smallest absolute Gasteiger partial charge is 0.287 e. The second kappa shape index (κ2) is 9.85. The molecule has 3 rings (SSSR count). The zero-order chi connectivity index (χ0) is 19.9. The number of carbonyl (C=O) groups excluding carboxylic acids is 1. The van der Waals surface area contributed by atoms with Gasteiger partial charge in [0.25, 0.3) is 5.69 Å². The number of hydrogen-bond acceptors (Lipinski definition) is 5. The highest BCUT2D eigenvalue weighted by Gasteiger charge is 2.30. The van der Waals surface area contributed by atoms with Crippen molar-refractivity contribution in [2.75, 3.05) is 31.1 Å². The summed E-state index contributed by atoms with van der Waals surface area (Å²) in [4.78, 5) is 31.8. The van der Waals surface area contributed by atoms with E-state index in [0.717, 1.165) is 50.6 Å². The molecule has 0 bridgehead atoms. The van der Waals surface area contributed by atoms with Gasteiger partial charge in [-0.2, -0.15) is 0 Å². The van der Waals surface area contributed by atoms with E-state index < -0.39 is 4.92 Å². The lowest BCUT2D eigenvalue weighted by Gasteiger charge is -2.31. The van der Waals surface area contributed by atoms with Crippen molar-refractivity contribution in [2.24, 2.45) is 11.8 Å². The Balaban J connectivity index is 1.50. The summed E-state index contributed by atoms with van der Waals surface area (Å²) < 4.78 is 0. The van der Waals surface area contributed by atoms with Crippen molar-refractivity contribution in [3.8, 4) is 0 Å². The van der Waals surface area contributed by atoms with Crippen LogP contribution in [0.2, 0.25) is 0 Å². The van der Waals surface area contributed by atoms with Crippen LogP contribution in [0.25, 0.3) is 0 Å². The van der Waals surface area contributed by atoms with Crippen LogP contribution in [0.3, 0.4) is 0 Å². The minimum absolute atomic E-state index is 0.00455. The minimum atomic E-state index is -0.434. The number of amides is 1. The molecule has 0 radical (unpaired) electrons. The molecule has 2 fully saturated rings. The second-order valence-corrected chi connectivity index (χ2v) is 8.16. The molecule has 154 valence electrons. The molecule has 0 spiro atoms. The molecular weight excluding hydrogens is 356 g/mol. The molecule has 2 aliphatic rings. The molecule has 1 saturated carbocycles. The Morgan fingerprint density at radius 1 is 1.18 bits per heavy atom. The molecule has 7 heteroatoms. The number of nitro groups is 1. The largest absolute Gasteiger partial charge is 0.355 e. The summed E-state index contributed by atoms with van der Waals surface area (Å²) in [5.41, 5.74) is 0.00455. The molecule has 0 N–H and O–H groups in total. The molecule has 1 aromatic heterocycles. The monoisotopic (exact) mass is 388 g/mol. The van der Waals surface area contributed by atoms with Crippen LogP contribution in [0.5, 0.6) is 0 Å². The first kappa shape index (κ1) is 20.6. The van der Waals surface area contributed by atoms with E-state index in [-0.39, 0.29) is 11.6 Å². The fourth-order valence-electron chi connectivity index (χ4n) is 4.49. The topological polar surface area (TPSA) is 79.6 Å². The molecule has 0 atom stereocenters. The van der Waals surface area contributed by atoms with E-state index in [1.54, 1.807) is 6.07 Å². The van der Waals surface area contributed by atoms with Crippen molar-refractivity contribution in [3.05, 3.63) is 28.4 Å². The molecule has 2 heterocycles. The lowest BCUT2D eigenvalue weighted by molar-refractivity contribution is -0.385. The lowest BCUT2D eigenvalue weighted by atomic mass is 9.79. The van der Waals surface area contributed by atoms with Gasteiger partial charge in [0.1, 0.15) is 12.0 Å². The Labute approximate surface area is 167 Å². The number of carbonyl (C=O) groups is 1. The maximum absolute atomic E-state index is 13.0. The van der Waals surface area contributed by atoms with Crippen LogP contribution >= 0.6 is 0 Å². The molecule has 1 amide bonds. The fourth-order valence-corrected chi connectivity index (χ4v) is 4.49. The number of anilines is 1. The SMILES string of the molecule is CCCCC1CCC(C(=O)N2CCCN(c3ccc([N+](=O)[O-])cn3)CC2)CC1. The molecule has 1 aliphatic carbocycles. The maximum Gasteiger partial charge on any atom is 0.287 e. The predicted octanol–water partition coefficient (Wildman–Crippen LogP) is 4.03. The highest BCUT2D eigenvalue weighted by Crippen LogP contribution is 2.33. The van der Waals surface area contributed by atoms with E-state index in [1.807, 2.05) is 4.90 Å².